The first-order valence-corrected chi connectivity index (χ1v) is 8.44. The zero-order valence-corrected chi connectivity index (χ0v) is 15.2. The minimum Gasteiger partial charge on any atom is -0.475 e. The maximum atomic E-state index is 13.8. The summed E-state index contributed by atoms with van der Waals surface area (Å²) in [5, 5.41) is 21.2. The molecule has 0 saturated carbocycles. The summed E-state index contributed by atoms with van der Waals surface area (Å²) in [7, 11) is 0. The number of nitrogens with zero attached hydrogens (tertiary/aromatic N) is 2. The lowest BCUT2D eigenvalue weighted by Gasteiger charge is -2.14. The normalized spacial score (nSPS) is 11.5. The van der Waals surface area contributed by atoms with Crippen LogP contribution < -0.4 is 4.74 Å². The Kier molecular flexibility index (Phi) is 5.64. The van der Waals surface area contributed by atoms with Gasteiger partial charge in [0.2, 0.25) is 5.76 Å². The summed E-state index contributed by atoms with van der Waals surface area (Å²) in [5.74, 6) is -3.13. The van der Waals surface area contributed by atoms with Gasteiger partial charge in [-0.2, -0.15) is 0 Å². The number of pyridine rings is 1. The lowest BCUT2D eigenvalue weighted by Crippen LogP contribution is -2.13. The van der Waals surface area contributed by atoms with Gasteiger partial charge in [-0.1, -0.05) is 42.5 Å². The Balaban J connectivity index is 2.26. The predicted molar refractivity (Wildman–Crippen MR) is 103 cm³/mol. The molecule has 1 aromatic heterocycles. The van der Waals surface area contributed by atoms with Crippen LogP contribution in [0, 0.1) is 22.9 Å². The molecule has 0 radical (unpaired) electrons. The molecule has 0 aliphatic rings. The molecule has 0 aliphatic carbocycles. The number of nitro groups is 1. The van der Waals surface area contributed by atoms with Crippen molar-refractivity contribution in [1.29, 1.82) is 0 Å². The van der Waals surface area contributed by atoms with Crippen molar-refractivity contribution in [2.24, 2.45) is 0 Å². The van der Waals surface area contributed by atoms with Gasteiger partial charge in [-0.05, 0) is 35.7 Å². The van der Waals surface area contributed by atoms with Crippen molar-refractivity contribution in [3.05, 3.63) is 105 Å². The first-order chi connectivity index (χ1) is 13.9. The molecule has 3 aromatic rings. The van der Waals surface area contributed by atoms with Crippen LogP contribution in [-0.2, 0) is 4.79 Å². The topological polar surface area (TPSA) is 103 Å². The average molecular weight is 394 g/mol. The van der Waals surface area contributed by atoms with E-state index in [1.54, 1.807) is 37.3 Å². The Morgan fingerprint density at radius 2 is 1.79 bits per heavy atom. The van der Waals surface area contributed by atoms with Gasteiger partial charge >= 0.3 is 11.7 Å². The Bertz CT molecular complexity index is 1110. The lowest BCUT2D eigenvalue weighted by atomic mass is 9.96. The largest absolute Gasteiger partial charge is 0.475 e. The van der Waals surface area contributed by atoms with Crippen LogP contribution in [-0.4, -0.2) is 21.0 Å². The smallest absolute Gasteiger partial charge is 0.372 e. The molecule has 0 fully saturated rings. The summed E-state index contributed by atoms with van der Waals surface area (Å²) < 4.78 is 19.3. The minimum absolute atomic E-state index is 0.0641. The second-order valence-electron chi connectivity index (χ2n) is 6.08. The number of aromatic nitrogens is 1. The van der Waals surface area contributed by atoms with Crippen LogP contribution >= 0.6 is 0 Å². The van der Waals surface area contributed by atoms with Gasteiger partial charge in [0.05, 0.1) is 4.92 Å². The van der Waals surface area contributed by atoms with Crippen molar-refractivity contribution >= 4 is 17.2 Å². The molecule has 8 heteroatoms. The zero-order valence-electron chi connectivity index (χ0n) is 15.2. The predicted octanol–water partition coefficient (Wildman–Crippen LogP) is 4.36. The number of hydrogen-bond acceptors (Lipinski definition) is 5. The number of hydrogen-bond donors (Lipinski definition) is 1. The summed E-state index contributed by atoms with van der Waals surface area (Å²) in [6, 6.07) is 14.9. The zero-order chi connectivity index (χ0) is 21.0. The molecule has 1 heterocycles. The first kappa shape index (κ1) is 19.7. The molecule has 7 nitrogen and oxygen atoms in total. The third-order valence-corrected chi connectivity index (χ3v) is 3.96. The van der Waals surface area contributed by atoms with E-state index in [0.29, 0.717) is 11.1 Å². The Labute approximate surface area is 164 Å². The first-order valence-electron chi connectivity index (χ1n) is 8.44. The number of halogens is 1. The third-order valence-electron chi connectivity index (χ3n) is 3.96. The van der Waals surface area contributed by atoms with Crippen LogP contribution in [0.2, 0.25) is 0 Å². The number of ether oxygens (including phenoxy) is 1. The lowest BCUT2D eigenvalue weighted by molar-refractivity contribution is -0.386. The van der Waals surface area contributed by atoms with Crippen LogP contribution in [0.4, 0.5) is 10.1 Å². The van der Waals surface area contributed by atoms with Gasteiger partial charge in [-0.15, -0.1) is 0 Å². The molecule has 3 rings (SSSR count). The maximum absolute atomic E-state index is 13.8. The van der Waals surface area contributed by atoms with Crippen molar-refractivity contribution in [3.63, 3.8) is 0 Å². The van der Waals surface area contributed by atoms with E-state index in [4.69, 9.17) is 4.74 Å². The fourth-order valence-electron chi connectivity index (χ4n) is 2.73. The number of rotatable bonds is 6. The summed E-state index contributed by atoms with van der Waals surface area (Å²) in [6.45, 7) is 1.61. The highest BCUT2D eigenvalue weighted by molar-refractivity contribution is 5.99. The van der Waals surface area contributed by atoms with Gasteiger partial charge in [-0.3, -0.25) is 10.1 Å². The number of carboxylic acids is 1. The molecule has 0 saturated heterocycles. The quantitative estimate of drug-likeness (QED) is 0.288. The van der Waals surface area contributed by atoms with E-state index >= 15 is 0 Å². The molecular weight excluding hydrogens is 379 g/mol. The van der Waals surface area contributed by atoms with Gasteiger partial charge in [0.1, 0.15) is 5.82 Å². The molecule has 146 valence electrons. The molecule has 2 aromatic carbocycles. The molecule has 0 aliphatic heterocycles. The number of aryl methyl sites for hydroxylation is 1. The fraction of sp³-hybridized carbons (Fsp3) is 0.0476. The second-order valence-corrected chi connectivity index (χ2v) is 6.08. The highest BCUT2D eigenvalue weighted by atomic mass is 19.1. The summed E-state index contributed by atoms with van der Waals surface area (Å²) in [4.78, 5) is 26.6. The third kappa shape index (κ3) is 4.44. The van der Waals surface area contributed by atoms with Gasteiger partial charge in [0, 0.05) is 17.8 Å². The van der Waals surface area contributed by atoms with Crippen molar-refractivity contribution in [2.75, 3.05) is 0 Å². The molecule has 0 spiro atoms. The number of carbonyl (C=O) groups is 1. The maximum Gasteiger partial charge on any atom is 0.372 e. The Morgan fingerprint density at radius 1 is 1.10 bits per heavy atom. The molecule has 1 N–H and O–H groups in total. The van der Waals surface area contributed by atoms with Crippen molar-refractivity contribution in [3.8, 4) is 5.88 Å². The standard InChI is InChI=1S/C21H15FN2O5/c1-13-10-17(24(27)28)20(23-12-13)29-19(21(25)26)18(14-6-3-2-4-7-14)15-8-5-9-16(22)11-15/h2-12H,1H3,(H,25,26). The molecular formula is C21H15FN2O5. The summed E-state index contributed by atoms with van der Waals surface area (Å²) in [6.07, 6.45) is 1.33. The molecule has 0 unspecified atom stereocenters. The highest BCUT2D eigenvalue weighted by Crippen LogP contribution is 2.32. The molecule has 0 bridgehead atoms. The van der Waals surface area contributed by atoms with Crippen LogP contribution in [0.25, 0.3) is 5.57 Å². The summed E-state index contributed by atoms with van der Waals surface area (Å²) in [5.41, 5.74) is 0.775. The van der Waals surface area contributed by atoms with E-state index in [1.807, 2.05) is 0 Å². The fourth-order valence-corrected chi connectivity index (χ4v) is 2.73. The minimum atomic E-state index is -1.48. The molecule has 0 amide bonds. The van der Waals surface area contributed by atoms with Crippen molar-refractivity contribution in [1.82, 2.24) is 4.98 Å². The Hall–Kier alpha value is -4.07. The monoisotopic (exact) mass is 394 g/mol. The van der Waals surface area contributed by atoms with E-state index in [1.165, 1.54) is 30.5 Å². The van der Waals surface area contributed by atoms with E-state index in [-0.39, 0.29) is 11.1 Å². The van der Waals surface area contributed by atoms with E-state index in [0.717, 1.165) is 6.07 Å². The van der Waals surface area contributed by atoms with Crippen molar-refractivity contribution in [2.45, 2.75) is 6.92 Å². The van der Waals surface area contributed by atoms with Crippen LogP contribution in [0.5, 0.6) is 5.88 Å². The van der Waals surface area contributed by atoms with Gasteiger partial charge < -0.3 is 9.84 Å². The second kappa shape index (κ2) is 8.30. The molecule has 0 atom stereocenters. The average Bonchev–Trinajstić information content (AvgIpc) is 2.69. The Morgan fingerprint density at radius 3 is 2.41 bits per heavy atom. The summed E-state index contributed by atoms with van der Waals surface area (Å²) >= 11 is 0. The van der Waals surface area contributed by atoms with E-state index in [9.17, 15) is 24.4 Å². The SMILES string of the molecule is Cc1cnc(OC(C(=O)O)=C(c2ccccc2)c2cccc(F)c2)c([N+](=O)[O-])c1. The molecule has 29 heavy (non-hydrogen) atoms. The van der Waals surface area contributed by atoms with Gasteiger partial charge in [-0.25, -0.2) is 14.2 Å². The number of carboxylic acid groups (broad SMARTS) is 1. The number of benzene rings is 2. The van der Waals surface area contributed by atoms with Crippen LogP contribution in [0.3, 0.4) is 0 Å². The van der Waals surface area contributed by atoms with E-state index < -0.39 is 34.0 Å². The van der Waals surface area contributed by atoms with Crippen LogP contribution in [0.1, 0.15) is 16.7 Å². The highest BCUT2D eigenvalue weighted by Gasteiger charge is 2.26. The van der Waals surface area contributed by atoms with Crippen LogP contribution in [0.15, 0.2) is 72.6 Å². The van der Waals surface area contributed by atoms with E-state index in [2.05, 4.69) is 4.98 Å². The van der Waals surface area contributed by atoms with Gasteiger partial charge in [0.15, 0.2) is 0 Å². The van der Waals surface area contributed by atoms with Crippen molar-refractivity contribution < 1.29 is 24.0 Å². The van der Waals surface area contributed by atoms with Gasteiger partial charge in [0.25, 0.3) is 5.88 Å². The number of aliphatic carboxylic acids is 1.